The van der Waals surface area contributed by atoms with Crippen molar-refractivity contribution in [2.45, 2.75) is 12.8 Å². The number of ether oxygens (including phenoxy) is 1. The maximum atomic E-state index is 12.7. The summed E-state index contributed by atoms with van der Waals surface area (Å²) in [4.78, 5) is 28.7. The number of ketones is 1. The molecule has 0 radical (unpaired) electrons. The van der Waals surface area contributed by atoms with Gasteiger partial charge in [-0.1, -0.05) is 0 Å². The first-order valence-corrected chi connectivity index (χ1v) is 8.99. The Bertz CT molecular complexity index is 794. The normalized spacial score (nSPS) is 14.7. The molecule has 6 heteroatoms. The van der Waals surface area contributed by atoms with Gasteiger partial charge in [0.2, 0.25) is 0 Å². The van der Waals surface area contributed by atoms with E-state index in [1.54, 1.807) is 36.1 Å². The highest BCUT2D eigenvalue weighted by molar-refractivity contribution is 5.98. The van der Waals surface area contributed by atoms with E-state index < -0.39 is 0 Å². The lowest BCUT2D eigenvalue weighted by Crippen LogP contribution is -2.46. The third-order valence-electron chi connectivity index (χ3n) is 5.03. The molecule has 27 heavy (non-hydrogen) atoms. The molecule has 0 aliphatic carbocycles. The third kappa shape index (κ3) is 4.22. The number of carbonyl (C=O) groups excluding carboxylic acids is 2. The van der Waals surface area contributed by atoms with E-state index in [2.05, 4.69) is 0 Å². The number of anilines is 1. The Morgan fingerprint density at radius 1 is 1.04 bits per heavy atom. The van der Waals surface area contributed by atoms with Gasteiger partial charge in [0, 0.05) is 37.3 Å². The van der Waals surface area contributed by atoms with Crippen LogP contribution in [0.4, 0.5) is 10.5 Å². The minimum Gasteiger partial charge on any atom is -0.508 e. The van der Waals surface area contributed by atoms with E-state index >= 15 is 0 Å². The van der Waals surface area contributed by atoms with E-state index in [0.29, 0.717) is 31.5 Å². The molecule has 2 aromatic carbocycles. The zero-order chi connectivity index (χ0) is 19.4. The van der Waals surface area contributed by atoms with E-state index in [-0.39, 0.29) is 23.5 Å². The molecule has 1 aliphatic rings. The lowest BCUT2D eigenvalue weighted by Gasteiger charge is -2.34. The van der Waals surface area contributed by atoms with Crippen molar-refractivity contribution >= 4 is 17.5 Å². The summed E-state index contributed by atoms with van der Waals surface area (Å²) >= 11 is 0. The fourth-order valence-corrected chi connectivity index (χ4v) is 3.32. The van der Waals surface area contributed by atoms with Gasteiger partial charge in [-0.3, -0.25) is 9.69 Å². The van der Waals surface area contributed by atoms with Crippen molar-refractivity contribution in [2.75, 3.05) is 32.1 Å². The number of piperidine rings is 1. The van der Waals surface area contributed by atoms with Crippen molar-refractivity contribution in [2.24, 2.45) is 5.92 Å². The zero-order valence-electron chi connectivity index (χ0n) is 15.6. The molecule has 1 aliphatic heterocycles. The summed E-state index contributed by atoms with van der Waals surface area (Å²) in [6, 6.07) is 13.6. The first kappa shape index (κ1) is 18.8. The number of hydrogen-bond acceptors (Lipinski definition) is 4. The van der Waals surface area contributed by atoms with Crippen LogP contribution in [0.5, 0.6) is 11.5 Å². The minimum atomic E-state index is -0.0927. The van der Waals surface area contributed by atoms with Gasteiger partial charge >= 0.3 is 6.03 Å². The molecule has 1 heterocycles. The Balaban J connectivity index is 1.58. The minimum absolute atomic E-state index is 0.0734. The predicted octanol–water partition coefficient (Wildman–Crippen LogP) is 3.55. The lowest BCUT2D eigenvalue weighted by molar-refractivity contribution is 0.0857. The quantitative estimate of drug-likeness (QED) is 0.838. The Labute approximate surface area is 159 Å². The lowest BCUT2D eigenvalue weighted by atomic mass is 9.89. The molecule has 6 nitrogen and oxygen atoms in total. The first-order chi connectivity index (χ1) is 13.0. The number of hydrogen-bond donors (Lipinski definition) is 1. The summed E-state index contributed by atoms with van der Waals surface area (Å²) in [5.41, 5.74) is 1.40. The number of phenols is 1. The topological polar surface area (TPSA) is 70.1 Å². The number of Topliss-reactive ketones (excluding diaryl/α,β-unsaturated/α-hetero) is 1. The molecule has 2 amide bonds. The number of carbonyl (C=O) groups is 2. The van der Waals surface area contributed by atoms with Crippen LogP contribution in [-0.4, -0.2) is 49.1 Å². The maximum absolute atomic E-state index is 12.7. The fourth-order valence-electron chi connectivity index (χ4n) is 3.32. The SMILES string of the molecule is COc1ccc(N(C)C(=O)N2CCC(C(=O)c3ccc(O)cc3)CC2)cc1. The van der Waals surface area contributed by atoms with Gasteiger partial charge in [-0.2, -0.15) is 0 Å². The van der Waals surface area contributed by atoms with Crippen LogP contribution in [-0.2, 0) is 0 Å². The van der Waals surface area contributed by atoms with Crippen LogP contribution >= 0.6 is 0 Å². The molecule has 142 valence electrons. The smallest absolute Gasteiger partial charge is 0.324 e. The summed E-state index contributed by atoms with van der Waals surface area (Å²) in [7, 11) is 3.35. The summed E-state index contributed by atoms with van der Waals surface area (Å²) in [6.07, 6.45) is 1.28. The van der Waals surface area contributed by atoms with Crippen LogP contribution in [0.2, 0.25) is 0 Å². The highest BCUT2D eigenvalue weighted by Gasteiger charge is 2.29. The number of amides is 2. The standard InChI is InChI=1S/C21H24N2O4/c1-22(17-5-9-19(27-2)10-6-17)21(26)23-13-11-16(12-14-23)20(25)15-3-7-18(24)8-4-15/h3-10,16,24H,11-14H2,1-2H3. The molecule has 3 rings (SSSR count). The van der Waals surface area contributed by atoms with Crippen molar-refractivity contribution in [1.29, 1.82) is 0 Å². The second-order valence-corrected chi connectivity index (χ2v) is 6.71. The average molecular weight is 368 g/mol. The Hall–Kier alpha value is -3.02. The van der Waals surface area contributed by atoms with E-state index in [9.17, 15) is 14.7 Å². The molecule has 0 aromatic heterocycles. The Morgan fingerprint density at radius 2 is 1.63 bits per heavy atom. The highest BCUT2D eigenvalue weighted by Crippen LogP contribution is 2.25. The molecular formula is C21H24N2O4. The number of nitrogens with zero attached hydrogens (tertiary/aromatic N) is 2. The molecule has 2 aromatic rings. The number of rotatable bonds is 4. The number of benzene rings is 2. The van der Waals surface area contributed by atoms with Gasteiger partial charge in [-0.15, -0.1) is 0 Å². The fraction of sp³-hybridized carbons (Fsp3) is 0.333. The van der Waals surface area contributed by atoms with Crippen molar-refractivity contribution in [3.8, 4) is 11.5 Å². The van der Waals surface area contributed by atoms with Crippen LogP contribution in [0.25, 0.3) is 0 Å². The van der Waals surface area contributed by atoms with Gasteiger partial charge in [0.15, 0.2) is 5.78 Å². The van der Waals surface area contributed by atoms with Gasteiger partial charge in [0.25, 0.3) is 0 Å². The number of urea groups is 1. The summed E-state index contributed by atoms with van der Waals surface area (Å²) < 4.78 is 5.14. The summed E-state index contributed by atoms with van der Waals surface area (Å²) in [5.74, 6) is 0.872. The number of methoxy groups -OCH3 is 1. The van der Waals surface area contributed by atoms with E-state index in [4.69, 9.17) is 4.74 Å². The number of phenolic OH excluding ortho intramolecular Hbond substituents is 1. The molecule has 0 bridgehead atoms. The number of aromatic hydroxyl groups is 1. The molecule has 1 fully saturated rings. The molecule has 0 unspecified atom stereocenters. The van der Waals surface area contributed by atoms with Gasteiger partial charge in [-0.05, 0) is 61.4 Å². The molecule has 0 spiro atoms. The second kappa shape index (κ2) is 8.12. The molecule has 0 atom stereocenters. The zero-order valence-corrected chi connectivity index (χ0v) is 15.6. The average Bonchev–Trinajstić information content (AvgIpc) is 2.73. The maximum Gasteiger partial charge on any atom is 0.324 e. The molecule has 0 saturated carbocycles. The molecule has 1 N–H and O–H groups in total. The third-order valence-corrected chi connectivity index (χ3v) is 5.03. The van der Waals surface area contributed by atoms with Crippen LogP contribution in [0.1, 0.15) is 23.2 Å². The summed E-state index contributed by atoms with van der Waals surface area (Å²) in [5, 5.41) is 9.35. The van der Waals surface area contributed by atoms with Crippen LogP contribution in [0.3, 0.4) is 0 Å². The highest BCUT2D eigenvalue weighted by atomic mass is 16.5. The largest absolute Gasteiger partial charge is 0.508 e. The van der Waals surface area contributed by atoms with Crippen molar-refractivity contribution < 1.29 is 19.4 Å². The summed E-state index contributed by atoms with van der Waals surface area (Å²) in [6.45, 7) is 1.10. The van der Waals surface area contributed by atoms with Crippen LogP contribution in [0, 0.1) is 5.92 Å². The number of likely N-dealkylation sites (tertiary alicyclic amines) is 1. The van der Waals surface area contributed by atoms with Crippen molar-refractivity contribution in [3.05, 3.63) is 54.1 Å². The van der Waals surface area contributed by atoms with Crippen molar-refractivity contribution in [3.63, 3.8) is 0 Å². The van der Waals surface area contributed by atoms with Gasteiger partial charge in [0.05, 0.1) is 7.11 Å². The van der Waals surface area contributed by atoms with Crippen LogP contribution in [0.15, 0.2) is 48.5 Å². The van der Waals surface area contributed by atoms with E-state index in [1.807, 2.05) is 24.3 Å². The van der Waals surface area contributed by atoms with E-state index in [1.165, 1.54) is 12.1 Å². The first-order valence-electron chi connectivity index (χ1n) is 8.99. The predicted molar refractivity (Wildman–Crippen MR) is 104 cm³/mol. The van der Waals surface area contributed by atoms with Crippen molar-refractivity contribution in [1.82, 2.24) is 4.90 Å². The Kier molecular flexibility index (Phi) is 5.64. The Morgan fingerprint density at radius 3 is 2.19 bits per heavy atom. The van der Waals surface area contributed by atoms with Gasteiger partial charge < -0.3 is 14.7 Å². The van der Waals surface area contributed by atoms with E-state index in [0.717, 1.165) is 11.4 Å². The second-order valence-electron chi connectivity index (χ2n) is 6.71. The van der Waals surface area contributed by atoms with Gasteiger partial charge in [0.1, 0.15) is 11.5 Å². The molecule has 1 saturated heterocycles. The van der Waals surface area contributed by atoms with Gasteiger partial charge in [-0.25, -0.2) is 4.79 Å². The monoisotopic (exact) mass is 368 g/mol. The molecular weight excluding hydrogens is 344 g/mol. The van der Waals surface area contributed by atoms with Crippen LogP contribution < -0.4 is 9.64 Å².